The molecule has 22 heavy (non-hydrogen) atoms. The van der Waals surface area contributed by atoms with Crippen LogP contribution in [0.4, 0.5) is 0 Å². The van der Waals surface area contributed by atoms with Crippen molar-refractivity contribution >= 4 is 34.2 Å². The molecule has 0 aromatic heterocycles. The fourth-order valence-corrected chi connectivity index (χ4v) is 2.99. The van der Waals surface area contributed by atoms with E-state index >= 15 is 0 Å². The van der Waals surface area contributed by atoms with Gasteiger partial charge in [-0.1, -0.05) is 28.1 Å². The number of halogens is 2. The Labute approximate surface area is 147 Å². The van der Waals surface area contributed by atoms with Gasteiger partial charge in [-0.05, 0) is 57.6 Å². The second-order valence-electron chi connectivity index (χ2n) is 5.74. The number of carbonyl (C=O) groups excluding carboxylic acids is 1. The van der Waals surface area contributed by atoms with Crippen molar-refractivity contribution in [1.29, 1.82) is 0 Å². The Morgan fingerprint density at radius 3 is 2.55 bits per heavy atom. The van der Waals surface area contributed by atoms with Gasteiger partial charge in [-0.2, -0.15) is 0 Å². The highest BCUT2D eigenvalue weighted by Gasteiger charge is 2.20. The fourth-order valence-electron chi connectivity index (χ4n) is 2.72. The van der Waals surface area contributed by atoms with Gasteiger partial charge in [0.15, 0.2) is 0 Å². The summed E-state index contributed by atoms with van der Waals surface area (Å²) in [6.07, 6.45) is 2.23. The van der Waals surface area contributed by atoms with E-state index in [0.29, 0.717) is 12.6 Å². The molecule has 1 aromatic rings. The average molecular weight is 391 g/mol. The number of benzene rings is 1. The first-order valence-electron chi connectivity index (χ1n) is 7.52. The van der Waals surface area contributed by atoms with Crippen molar-refractivity contribution in [2.75, 3.05) is 26.7 Å². The molecule has 1 heterocycles. The first-order valence-corrected chi connectivity index (χ1v) is 8.31. The maximum atomic E-state index is 12.2. The molecule has 0 bridgehead atoms. The molecule has 2 N–H and O–H groups in total. The molecule has 4 nitrogen and oxygen atoms in total. The lowest BCUT2D eigenvalue weighted by Gasteiger charge is -2.31. The zero-order valence-corrected chi connectivity index (χ0v) is 15.5. The van der Waals surface area contributed by atoms with Crippen LogP contribution in [0.5, 0.6) is 0 Å². The maximum Gasteiger partial charge on any atom is 0.234 e. The number of hydrogen-bond acceptors (Lipinski definition) is 3. The summed E-state index contributed by atoms with van der Waals surface area (Å²) in [5, 5.41) is 6.42. The van der Waals surface area contributed by atoms with Crippen LogP contribution in [0.1, 0.15) is 31.4 Å². The molecule has 2 rings (SSSR count). The quantitative estimate of drug-likeness (QED) is 0.812. The minimum absolute atomic E-state index is 0. The van der Waals surface area contributed by atoms with Crippen LogP contribution in [0.2, 0.25) is 0 Å². The van der Waals surface area contributed by atoms with Crippen LogP contribution in [-0.2, 0) is 4.79 Å². The number of nitrogens with zero attached hydrogens (tertiary/aromatic N) is 1. The predicted octanol–water partition coefficient (Wildman–Crippen LogP) is 2.73. The van der Waals surface area contributed by atoms with Gasteiger partial charge in [-0.3, -0.25) is 9.69 Å². The zero-order valence-electron chi connectivity index (χ0n) is 13.1. The molecule has 6 heteroatoms. The summed E-state index contributed by atoms with van der Waals surface area (Å²) >= 11 is 3.42. The standard InChI is InChI=1S/C16H24BrN3O.ClH/c1-12(13-3-5-14(17)6-4-13)19-16(21)11-20(2)15-7-9-18-10-8-15;/h3-6,12,15,18H,7-11H2,1-2H3,(H,19,21);1H. The van der Waals surface area contributed by atoms with E-state index < -0.39 is 0 Å². The molecular weight excluding hydrogens is 366 g/mol. The van der Waals surface area contributed by atoms with E-state index in [1.54, 1.807) is 0 Å². The Kier molecular flexibility index (Phi) is 8.39. The van der Waals surface area contributed by atoms with Gasteiger partial charge in [0.1, 0.15) is 0 Å². The topological polar surface area (TPSA) is 44.4 Å². The lowest BCUT2D eigenvalue weighted by Crippen LogP contribution is -2.45. The van der Waals surface area contributed by atoms with Gasteiger partial charge in [0.25, 0.3) is 0 Å². The number of rotatable bonds is 5. The Bertz CT molecular complexity index is 463. The summed E-state index contributed by atoms with van der Waals surface area (Å²) in [6.45, 7) is 4.58. The highest BCUT2D eigenvalue weighted by atomic mass is 79.9. The molecule has 0 saturated carbocycles. The van der Waals surface area contributed by atoms with Gasteiger partial charge in [0, 0.05) is 10.5 Å². The number of likely N-dealkylation sites (N-methyl/N-ethyl adjacent to an activating group) is 1. The largest absolute Gasteiger partial charge is 0.348 e. The Morgan fingerprint density at radius 2 is 1.95 bits per heavy atom. The van der Waals surface area contributed by atoms with E-state index in [0.717, 1.165) is 36.0 Å². The van der Waals surface area contributed by atoms with Crippen molar-refractivity contribution < 1.29 is 4.79 Å². The van der Waals surface area contributed by atoms with Crippen molar-refractivity contribution in [1.82, 2.24) is 15.5 Å². The molecular formula is C16H25BrClN3O. The zero-order chi connectivity index (χ0) is 15.2. The normalized spacial score (nSPS) is 16.9. The molecule has 1 aromatic carbocycles. The Balaban J connectivity index is 0.00000242. The molecule has 1 aliphatic heterocycles. The molecule has 1 amide bonds. The van der Waals surface area contributed by atoms with E-state index in [9.17, 15) is 4.79 Å². The molecule has 124 valence electrons. The monoisotopic (exact) mass is 389 g/mol. The van der Waals surface area contributed by atoms with E-state index in [1.807, 2.05) is 38.2 Å². The summed E-state index contributed by atoms with van der Waals surface area (Å²) in [5.41, 5.74) is 1.12. The van der Waals surface area contributed by atoms with Crippen LogP contribution in [0, 0.1) is 0 Å². The third-order valence-corrected chi connectivity index (χ3v) is 4.60. The molecule has 1 atom stereocenters. The Morgan fingerprint density at radius 1 is 1.36 bits per heavy atom. The minimum atomic E-state index is 0. The lowest BCUT2D eigenvalue weighted by molar-refractivity contribution is -0.123. The SMILES string of the molecule is CC(NC(=O)CN(C)C1CCNCC1)c1ccc(Br)cc1.Cl. The van der Waals surface area contributed by atoms with Gasteiger partial charge in [0.05, 0.1) is 12.6 Å². The van der Waals surface area contributed by atoms with Crippen LogP contribution in [0.3, 0.4) is 0 Å². The van der Waals surface area contributed by atoms with Gasteiger partial charge < -0.3 is 10.6 Å². The van der Waals surface area contributed by atoms with Crippen molar-refractivity contribution in [2.24, 2.45) is 0 Å². The fraction of sp³-hybridized carbons (Fsp3) is 0.562. The van der Waals surface area contributed by atoms with Crippen LogP contribution >= 0.6 is 28.3 Å². The van der Waals surface area contributed by atoms with E-state index in [1.165, 1.54) is 0 Å². The van der Waals surface area contributed by atoms with Crippen molar-refractivity contribution in [3.8, 4) is 0 Å². The summed E-state index contributed by atoms with van der Waals surface area (Å²) < 4.78 is 1.05. The van der Waals surface area contributed by atoms with Crippen molar-refractivity contribution in [3.63, 3.8) is 0 Å². The second kappa shape index (κ2) is 9.50. The molecule has 0 spiro atoms. The highest BCUT2D eigenvalue weighted by Crippen LogP contribution is 2.16. The highest BCUT2D eigenvalue weighted by molar-refractivity contribution is 9.10. The number of piperidine rings is 1. The van der Waals surface area contributed by atoms with Crippen molar-refractivity contribution in [3.05, 3.63) is 34.3 Å². The summed E-state index contributed by atoms with van der Waals surface area (Å²) in [7, 11) is 2.04. The molecule has 1 unspecified atom stereocenters. The third kappa shape index (κ3) is 5.88. The van der Waals surface area contributed by atoms with Gasteiger partial charge >= 0.3 is 0 Å². The van der Waals surface area contributed by atoms with Crippen molar-refractivity contribution in [2.45, 2.75) is 31.8 Å². The molecule has 1 aliphatic rings. The Hall–Kier alpha value is -0.620. The first-order chi connectivity index (χ1) is 10.1. The number of hydrogen-bond donors (Lipinski definition) is 2. The van der Waals surface area contributed by atoms with Crippen LogP contribution in [0.25, 0.3) is 0 Å². The third-order valence-electron chi connectivity index (χ3n) is 4.07. The molecule has 0 radical (unpaired) electrons. The van der Waals surface area contributed by atoms with Crippen LogP contribution in [0.15, 0.2) is 28.7 Å². The summed E-state index contributed by atoms with van der Waals surface area (Å²) in [4.78, 5) is 14.3. The van der Waals surface area contributed by atoms with Crippen LogP contribution in [-0.4, -0.2) is 43.5 Å². The minimum Gasteiger partial charge on any atom is -0.348 e. The molecule has 0 aliphatic carbocycles. The number of nitrogens with one attached hydrogen (secondary N) is 2. The predicted molar refractivity (Wildman–Crippen MR) is 96.5 cm³/mol. The summed E-state index contributed by atoms with van der Waals surface area (Å²) in [6, 6.07) is 8.61. The van der Waals surface area contributed by atoms with E-state index in [-0.39, 0.29) is 24.4 Å². The summed E-state index contributed by atoms with van der Waals surface area (Å²) in [5.74, 6) is 0.0893. The smallest absolute Gasteiger partial charge is 0.234 e. The average Bonchev–Trinajstić information content (AvgIpc) is 2.48. The van der Waals surface area contributed by atoms with E-state index in [4.69, 9.17) is 0 Å². The number of amides is 1. The lowest BCUT2D eigenvalue weighted by atomic mass is 10.1. The van der Waals surface area contributed by atoms with E-state index in [2.05, 4.69) is 31.5 Å². The molecule has 1 fully saturated rings. The van der Waals surface area contributed by atoms with Crippen LogP contribution < -0.4 is 10.6 Å². The number of carbonyl (C=O) groups is 1. The van der Waals surface area contributed by atoms with Gasteiger partial charge in [-0.15, -0.1) is 12.4 Å². The van der Waals surface area contributed by atoms with Gasteiger partial charge in [-0.25, -0.2) is 0 Å². The van der Waals surface area contributed by atoms with Gasteiger partial charge in [0.2, 0.25) is 5.91 Å². The second-order valence-corrected chi connectivity index (χ2v) is 6.65. The molecule has 1 saturated heterocycles. The first kappa shape index (κ1) is 19.4. The maximum absolute atomic E-state index is 12.2.